The van der Waals surface area contributed by atoms with Gasteiger partial charge in [0.1, 0.15) is 5.58 Å². The van der Waals surface area contributed by atoms with Gasteiger partial charge in [0.2, 0.25) is 5.76 Å². The Morgan fingerprint density at radius 1 is 1.03 bits per heavy atom. The monoisotopic (exact) mass is 405 g/mol. The molecule has 0 saturated heterocycles. The minimum absolute atomic E-state index is 0.133. The summed E-state index contributed by atoms with van der Waals surface area (Å²) in [5, 5.41) is 0.509. The second kappa shape index (κ2) is 8.07. The molecule has 0 bridgehead atoms. The minimum Gasteiger partial charge on any atom is -0.450 e. The predicted octanol–water partition coefficient (Wildman–Crippen LogP) is 4.77. The summed E-state index contributed by atoms with van der Waals surface area (Å²) in [6.45, 7) is 8.97. The predicted molar refractivity (Wildman–Crippen MR) is 117 cm³/mol. The van der Waals surface area contributed by atoms with Crippen molar-refractivity contribution in [3.05, 3.63) is 80.7 Å². The summed E-state index contributed by atoms with van der Waals surface area (Å²) in [6, 6.07) is 13.0. The summed E-state index contributed by atoms with van der Waals surface area (Å²) in [6.07, 6.45) is 0.828. The lowest BCUT2D eigenvalue weighted by atomic mass is 9.97. The molecule has 0 fully saturated rings. The SMILES string of the molecule is Cc1ccc([C@H]2c3c(oc4cc(C)ccc4c3=O)C(=O)N2CCCOC(C)C)cc1. The summed E-state index contributed by atoms with van der Waals surface area (Å²) in [5.74, 6) is -0.0749. The van der Waals surface area contributed by atoms with E-state index in [0.717, 1.165) is 16.7 Å². The van der Waals surface area contributed by atoms with E-state index in [2.05, 4.69) is 0 Å². The van der Waals surface area contributed by atoms with Crippen LogP contribution in [0.15, 0.2) is 51.7 Å². The fourth-order valence-electron chi connectivity index (χ4n) is 4.01. The van der Waals surface area contributed by atoms with Gasteiger partial charge in [-0.3, -0.25) is 9.59 Å². The van der Waals surface area contributed by atoms with Crippen molar-refractivity contribution in [2.45, 2.75) is 46.3 Å². The molecule has 156 valence electrons. The quantitative estimate of drug-likeness (QED) is 0.554. The minimum atomic E-state index is -0.450. The molecule has 0 saturated carbocycles. The topological polar surface area (TPSA) is 59.8 Å². The number of rotatable bonds is 6. The lowest BCUT2D eigenvalue weighted by Crippen LogP contribution is -2.31. The van der Waals surface area contributed by atoms with E-state index in [1.807, 2.05) is 64.1 Å². The van der Waals surface area contributed by atoms with Crippen LogP contribution in [0.4, 0.5) is 0 Å². The second-order valence-corrected chi connectivity index (χ2v) is 8.26. The molecular weight excluding hydrogens is 378 g/mol. The smallest absolute Gasteiger partial charge is 0.290 e. The highest BCUT2D eigenvalue weighted by Gasteiger charge is 2.42. The van der Waals surface area contributed by atoms with Gasteiger partial charge in [-0.05, 0) is 57.4 Å². The molecule has 1 amide bonds. The second-order valence-electron chi connectivity index (χ2n) is 8.26. The summed E-state index contributed by atoms with van der Waals surface area (Å²) in [4.78, 5) is 28.5. The van der Waals surface area contributed by atoms with E-state index in [0.29, 0.717) is 36.1 Å². The van der Waals surface area contributed by atoms with Gasteiger partial charge in [-0.2, -0.15) is 0 Å². The number of aryl methyl sites for hydroxylation is 2. The molecule has 1 aliphatic rings. The van der Waals surface area contributed by atoms with Gasteiger partial charge in [0.15, 0.2) is 5.43 Å². The lowest BCUT2D eigenvalue weighted by Gasteiger charge is -2.25. The Bertz CT molecular complexity index is 1140. The molecule has 2 heterocycles. The summed E-state index contributed by atoms with van der Waals surface area (Å²) in [7, 11) is 0. The number of ether oxygens (including phenoxy) is 1. The first-order valence-electron chi connectivity index (χ1n) is 10.4. The highest BCUT2D eigenvalue weighted by Crippen LogP contribution is 2.38. The van der Waals surface area contributed by atoms with E-state index in [4.69, 9.17) is 9.15 Å². The maximum Gasteiger partial charge on any atom is 0.290 e. The normalized spacial score (nSPS) is 16.0. The molecular formula is C25H27NO4. The first-order chi connectivity index (χ1) is 14.4. The number of hydrogen-bond acceptors (Lipinski definition) is 4. The number of amides is 1. The van der Waals surface area contributed by atoms with Crippen LogP contribution in [-0.2, 0) is 4.74 Å². The Labute approximate surface area is 176 Å². The zero-order valence-corrected chi connectivity index (χ0v) is 17.9. The zero-order chi connectivity index (χ0) is 21.4. The van der Waals surface area contributed by atoms with Crippen molar-refractivity contribution < 1.29 is 13.9 Å². The van der Waals surface area contributed by atoms with E-state index >= 15 is 0 Å². The van der Waals surface area contributed by atoms with Gasteiger partial charge >= 0.3 is 0 Å². The van der Waals surface area contributed by atoms with Gasteiger partial charge in [-0.25, -0.2) is 0 Å². The molecule has 0 unspecified atom stereocenters. The molecule has 5 nitrogen and oxygen atoms in total. The first-order valence-corrected chi connectivity index (χ1v) is 10.4. The van der Waals surface area contributed by atoms with Crippen LogP contribution in [0.1, 0.15) is 59.1 Å². The van der Waals surface area contributed by atoms with Crippen LogP contribution < -0.4 is 5.43 Å². The first kappa shape index (κ1) is 20.4. The van der Waals surface area contributed by atoms with Gasteiger partial charge in [-0.1, -0.05) is 35.9 Å². The van der Waals surface area contributed by atoms with Crippen LogP contribution in [0.3, 0.4) is 0 Å². The van der Waals surface area contributed by atoms with Crippen LogP contribution in [-0.4, -0.2) is 30.1 Å². The standard InChI is InChI=1S/C25H27NO4/c1-15(2)29-13-5-12-26-22(18-9-6-16(3)7-10-18)21-23(27)19-11-8-17(4)14-20(19)30-24(21)25(26)28/h6-11,14-15,22H,5,12-13H2,1-4H3/t22-/m0/s1. The van der Waals surface area contributed by atoms with Crippen molar-refractivity contribution >= 4 is 16.9 Å². The van der Waals surface area contributed by atoms with E-state index in [-0.39, 0.29) is 23.2 Å². The van der Waals surface area contributed by atoms with Crippen molar-refractivity contribution in [3.8, 4) is 0 Å². The molecule has 0 N–H and O–H groups in total. The number of benzene rings is 2. The molecule has 2 aromatic carbocycles. The maximum absolute atomic E-state index is 13.4. The molecule has 1 aliphatic heterocycles. The highest BCUT2D eigenvalue weighted by molar-refractivity contribution is 5.99. The number of carbonyl (C=O) groups excluding carboxylic acids is 1. The van der Waals surface area contributed by atoms with Gasteiger partial charge in [0, 0.05) is 13.2 Å². The fraction of sp³-hybridized carbons (Fsp3) is 0.360. The van der Waals surface area contributed by atoms with E-state index < -0.39 is 6.04 Å². The number of fused-ring (bicyclic) bond motifs is 2. The number of nitrogens with zero attached hydrogens (tertiary/aromatic N) is 1. The Hall–Kier alpha value is -2.92. The largest absolute Gasteiger partial charge is 0.450 e. The third-order valence-electron chi connectivity index (χ3n) is 5.51. The van der Waals surface area contributed by atoms with Crippen molar-refractivity contribution in [2.24, 2.45) is 0 Å². The molecule has 0 aliphatic carbocycles. The fourth-order valence-corrected chi connectivity index (χ4v) is 4.01. The van der Waals surface area contributed by atoms with Crippen LogP contribution >= 0.6 is 0 Å². The van der Waals surface area contributed by atoms with E-state index in [1.54, 1.807) is 11.0 Å². The molecule has 5 heteroatoms. The molecule has 0 spiro atoms. The van der Waals surface area contributed by atoms with Gasteiger partial charge in [0.25, 0.3) is 5.91 Å². The van der Waals surface area contributed by atoms with Gasteiger partial charge in [0.05, 0.1) is 23.1 Å². The van der Waals surface area contributed by atoms with Crippen LogP contribution in [0.5, 0.6) is 0 Å². The summed E-state index contributed by atoms with van der Waals surface area (Å²) in [5.41, 5.74) is 3.78. The van der Waals surface area contributed by atoms with E-state index in [1.165, 1.54) is 0 Å². The number of hydrogen-bond donors (Lipinski definition) is 0. The average Bonchev–Trinajstić information content (AvgIpc) is 2.98. The molecule has 30 heavy (non-hydrogen) atoms. The van der Waals surface area contributed by atoms with Crippen LogP contribution in [0.25, 0.3) is 11.0 Å². The van der Waals surface area contributed by atoms with Crippen molar-refractivity contribution in [2.75, 3.05) is 13.2 Å². The van der Waals surface area contributed by atoms with Gasteiger partial charge < -0.3 is 14.1 Å². The van der Waals surface area contributed by atoms with Crippen molar-refractivity contribution in [1.82, 2.24) is 4.90 Å². The lowest BCUT2D eigenvalue weighted by molar-refractivity contribution is 0.0593. The third-order valence-corrected chi connectivity index (χ3v) is 5.51. The maximum atomic E-state index is 13.4. The van der Waals surface area contributed by atoms with Crippen molar-refractivity contribution in [3.63, 3.8) is 0 Å². The highest BCUT2D eigenvalue weighted by atomic mass is 16.5. The molecule has 4 rings (SSSR count). The average molecular weight is 405 g/mol. The zero-order valence-electron chi connectivity index (χ0n) is 17.9. The number of carbonyl (C=O) groups is 1. The summed E-state index contributed by atoms with van der Waals surface area (Å²) < 4.78 is 11.7. The molecule has 1 atom stereocenters. The van der Waals surface area contributed by atoms with E-state index in [9.17, 15) is 9.59 Å². The van der Waals surface area contributed by atoms with Gasteiger partial charge in [-0.15, -0.1) is 0 Å². The third kappa shape index (κ3) is 3.65. The van der Waals surface area contributed by atoms with Crippen LogP contribution in [0, 0.1) is 13.8 Å². The van der Waals surface area contributed by atoms with Crippen molar-refractivity contribution in [1.29, 1.82) is 0 Å². The Balaban J connectivity index is 1.81. The Morgan fingerprint density at radius 3 is 2.43 bits per heavy atom. The molecule has 0 radical (unpaired) electrons. The summed E-state index contributed by atoms with van der Waals surface area (Å²) >= 11 is 0. The Morgan fingerprint density at radius 2 is 1.73 bits per heavy atom. The molecule has 1 aromatic heterocycles. The Kier molecular flexibility index (Phi) is 5.48. The van der Waals surface area contributed by atoms with Crippen LogP contribution in [0.2, 0.25) is 0 Å². The molecule has 3 aromatic rings.